The molecule has 2 rings (SSSR count). The predicted octanol–water partition coefficient (Wildman–Crippen LogP) is 3.98. The Morgan fingerprint density at radius 1 is 1.42 bits per heavy atom. The second kappa shape index (κ2) is 5.75. The molecule has 2 N–H and O–H groups in total. The van der Waals surface area contributed by atoms with Crippen molar-refractivity contribution < 1.29 is 5.11 Å². The molecule has 0 aliphatic heterocycles. The topological polar surface area (TPSA) is 32.3 Å². The molecule has 0 fully saturated rings. The van der Waals surface area contributed by atoms with Crippen LogP contribution in [0.5, 0.6) is 0 Å². The van der Waals surface area contributed by atoms with Gasteiger partial charge >= 0.3 is 0 Å². The van der Waals surface area contributed by atoms with Crippen molar-refractivity contribution in [2.24, 2.45) is 0 Å². The van der Waals surface area contributed by atoms with E-state index in [0.29, 0.717) is 6.54 Å². The zero-order chi connectivity index (χ0) is 14.0. The number of hydrogen-bond donors (Lipinski definition) is 2. The molecule has 2 aromatic rings. The third-order valence-electron chi connectivity index (χ3n) is 3.44. The summed E-state index contributed by atoms with van der Waals surface area (Å²) in [6.45, 7) is 8.86. The summed E-state index contributed by atoms with van der Waals surface area (Å²) in [4.78, 5) is 2.69. The highest BCUT2D eigenvalue weighted by Gasteiger charge is 2.24. The first-order valence-electron chi connectivity index (χ1n) is 6.45. The van der Waals surface area contributed by atoms with E-state index < -0.39 is 5.60 Å². The smallest absolute Gasteiger partial charge is 0.100 e. The largest absolute Gasteiger partial charge is 0.384 e. The van der Waals surface area contributed by atoms with E-state index in [4.69, 9.17) is 0 Å². The third-order valence-corrected chi connectivity index (χ3v) is 5.11. The van der Waals surface area contributed by atoms with Crippen molar-refractivity contribution in [1.82, 2.24) is 5.32 Å². The van der Waals surface area contributed by atoms with Gasteiger partial charge in [-0.15, -0.1) is 11.3 Å². The molecule has 0 radical (unpaired) electrons. The fraction of sp³-hybridized carbons (Fsp3) is 0.467. The highest BCUT2D eigenvalue weighted by molar-refractivity contribution is 7.12. The van der Waals surface area contributed by atoms with E-state index in [2.05, 4.69) is 32.2 Å². The Morgan fingerprint density at radius 2 is 2.16 bits per heavy atom. The molecule has 2 aromatic heterocycles. The van der Waals surface area contributed by atoms with Crippen molar-refractivity contribution in [2.45, 2.75) is 39.3 Å². The van der Waals surface area contributed by atoms with Crippen LogP contribution in [0.1, 0.15) is 40.8 Å². The van der Waals surface area contributed by atoms with Gasteiger partial charge in [-0.2, -0.15) is 11.3 Å². The third kappa shape index (κ3) is 3.45. The highest BCUT2D eigenvalue weighted by atomic mass is 32.1. The van der Waals surface area contributed by atoms with Crippen molar-refractivity contribution in [3.8, 4) is 0 Å². The van der Waals surface area contributed by atoms with Gasteiger partial charge < -0.3 is 10.4 Å². The lowest BCUT2D eigenvalue weighted by Gasteiger charge is -2.25. The van der Waals surface area contributed by atoms with E-state index in [-0.39, 0.29) is 6.04 Å². The summed E-state index contributed by atoms with van der Waals surface area (Å²) >= 11 is 3.44. The van der Waals surface area contributed by atoms with Crippen molar-refractivity contribution in [1.29, 1.82) is 0 Å². The first kappa shape index (κ1) is 14.7. The monoisotopic (exact) mass is 295 g/mol. The number of aryl methyl sites for hydroxylation is 2. The fourth-order valence-corrected chi connectivity index (χ4v) is 4.02. The van der Waals surface area contributed by atoms with E-state index in [9.17, 15) is 5.11 Å². The summed E-state index contributed by atoms with van der Waals surface area (Å²) in [5.74, 6) is 0. The molecule has 2 heterocycles. The first-order chi connectivity index (χ1) is 8.90. The minimum absolute atomic E-state index is 0.259. The zero-order valence-electron chi connectivity index (χ0n) is 11.9. The molecule has 0 saturated heterocycles. The second-order valence-electron chi connectivity index (χ2n) is 5.26. The predicted molar refractivity (Wildman–Crippen MR) is 84.1 cm³/mol. The molecule has 2 unspecified atom stereocenters. The lowest BCUT2D eigenvalue weighted by atomic mass is 9.98. The van der Waals surface area contributed by atoms with Crippen LogP contribution in [0.25, 0.3) is 0 Å². The number of aliphatic hydroxyl groups is 1. The average molecular weight is 295 g/mol. The van der Waals surface area contributed by atoms with Crippen LogP contribution in [0.3, 0.4) is 0 Å². The molecule has 0 saturated carbocycles. The lowest BCUT2D eigenvalue weighted by molar-refractivity contribution is 0.0548. The van der Waals surface area contributed by atoms with Crippen LogP contribution in [0.2, 0.25) is 0 Å². The van der Waals surface area contributed by atoms with Crippen LogP contribution in [0, 0.1) is 13.8 Å². The standard InChI is InChI=1S/C15H21NOS2/c1-10-7-14(12(3)19-10)11(2)16-9-15(4,17)13-5-6-18-8-13/h5-8,11,16-17H,9H2,1-4H3. The Morgan fingerprint density at radius 3 is 2.68 bits per heavy atom. The summed E-state index contributed by atoms with van der Waals surface area (Å²) < 4.78 is 0. The maximum Gasteiger partial charge on any atom is 0.100 e. The maximum atomic E-state index is 10.5. The van der Waals surface area contributed by atoms with Gasteiger partial charge in [-0.25, -0.2) is 0 Å². The van der Waals surface area contributed by atoms with Gasteiger partial charge in [0.1, 0.15) is 5.60 Å². The number of rotatable bonds is 5. The molecule has 104 valence electrons. The molecule has 2 atom stereocenters. The quantitative estimate of drug-likeness (QED) is 0.874. The van der Waals surface area contributed by atoms with Crippen LogP contribution in [-0.2, 0) is 5.60 Å². The van der Waals surface area contributed by atoms with E-state index in [1.807, 2.05) is 35.1 Å². The molecule has 2 nitrogen and oxygen atoms in total. The molecule has 0 bridgehead atoms. The lowest BCUT2D eigenvalue weighted by Crippen LogP contribution is -2.36. The molecule has 0 spiro atoms. The van der Waals surface area contributed by atoms with Crippen LogP contribution in [0.15, 0.2) is 22.9 Å². The molecular formula is C15H21NOS2. The van der Waals surface area contributed by atoms with Crippen molar-refractivity contribution in [3.63, 3.8) is 0 Å². The van der Waals surface area contributed by atoms with Crippen LogP contribution in [0.4, 0.5) is 0 Å². The summed E-state index contributed by atoms with van der Waals surface area (Å²) in [7, 11) is 0. The summed E-state index contributed by atoms with van der Waals surface area (Å²) in [5, 5.41) is 17.9. The summed E-state index contributed by atoms with van der Waals surface area (Å²) in [6, 6.07) is 4.48. The van der Waals surface area contributed by atoms with Crippen LogP contribution < -0.4 is 5.32 Å². The Bertz CT molecular complexity index is 528. The maximum absolute atomic E-state index is 10.5. The molecule has 4 heteroatoms. The van der Waals surface area contributed by atoms with E-state index >= 15 is 0 Å². The Labute approximate surface area is 123 Å². The van der Waals surface area contributed by atoms with Gasteiger partial charge in [0, 0.05) is 22.3 Å². The molecule has 19 heavy (non-hydrogen) atoms. The molecule has 0 aliphatic carbocycles. The van der Waals surface area contributed by atoms with Gasteiger partial charge in [0.15, 0.2) is 0 Å². The molecule has 0 aliphatic rings. The average Bonchev–Trinajstić information content (AvgIpc) is 2.96. The number of thiophene rings is 2. The summed E-state index contributed by atoms with van der Waals surface area (Å²) in [5.41, 5.74) is 1.51. The zero-order valence-corrected chi connectivity index (χ0v) is 13.5. The Balaban J connectivity index is 2.01. The SMILES string of the molecule is Cc1cc(C(C)NCC(C)(O)c2ccsc2)c(C)s1. The summed E-state index contributed by atoms with van der Waals surface area (Å²) in [6.07, 6.45) is 0. The normalized spacial score (nSPS) is 16.3. The van der Waals surface area contributed by atoms with Crippen molar-refractivity contribution >= 4 is 22.7 Å². The Hall–Kier alpha value is -0.680. The van der Waals surface area contributed by atoms with Crippen LogP contribution >= 0.6 is 22.7 Å². The van der Waals surface area contributed by atoms with Gasteiger partial charge in [-0.3, -0.25) is 0 Å². The van der Waals surface area contributed by atoms with E-state index in [1.165, 1.54) is 15.3 Å². The van der Waals surface area contributed by atoms with Crippen molar-refractivity contribution in [3.05, 3.63) is 43.8 Å². The van der Waals surface area contributed by atoms with E-state index in [1.54, 1.807) is 11.3 Å². The minimum Gasteiger partial charge on any atom is -0.384 e. The minimum atomic E-state index is -0.812. The molecule has 0 aromatic carbocycles. The first-order valence-corrected chi connectivity index (χ1v) is 8.21. The Kier molecular flexibility index (Phi) is 4.46. The fourth-order valence-electron chi connectivity index (χ4n) is 2.22. The van der Waals surface area contributed by atoms with E-state index in [0.717, 1.165) is 5.56 Å². The van der Waals surface area contributed by atoms with Crippen LogP contribution in [-0.4, -0.2) is 11.7 Å². The number of nitrogens with one attached hydrogen (secondary N) is 1. The van der Waals surface area contributed by atoms with Gasteiger partial charge in [0.25, 0.3) is 0 Å². The van der Waals surface area contributed by atoms with Gasteiger partial charge in [-0.1, -0.05) is 0 Å². The van der Waals surface area contributed by atoms with Gasteiger partial charge in [-0.05, 0) is 61.7 Å². The van der Waals surface area contributed by atoms with Gasteiger partial charge in [0.05, 0.1) is 0 Å². The molecule has 0 amide bonds. The number of hydrogen-bond acceptors (Lipinski definition) is 4. The van der Waals surface area contributed by atoms with Crippen molar-refractivity contribution in [2.75, 3.05) is 6.54 Å². The second-order valence-corrected chi connectivity index (χ2v) is 7.50. The molecular weight excluding hydrogens is 274 g/mol. The van der Waals surface area contributed by atoms with Gasteiger partial charge in [0.2, 0.25) is 0 Å². The highest BCUT2D eigenvalue weighted by Crippen LogP contribution is 2.27.